The summed E-state index contributed by atoms with van der Waals surface area (Å²) in [7, 11) is -3.67. The van der Waals surface area contributed by atoms with Crippen molar-refractivity contribution in [1.82, 2.24) is 10.0 Å². The molecular weight excluding hydrogens is 355 g/mol. The smallest absolute Gasteiger partial charge is 0.254 e. The fourth-order valence-corrected chi connectivity index (χ4v) is 3.35. The summed E-state index contributed by atoms with van der Waals surface area (Å²) in [5.74, 6) is -1.21. The number of amides is 1. The van der Waals surface area contributed by atoms with Crippen molar-refractivity contribution >= 4 is 15.9 Å². The number of rotatable bonds is 6. The molecule has 140 valence electrons. The van der Waals surface area contributed by atoms with Gasteiger partial charge in [0.25, 0.3) is 5.91 Å². The first kappa shape index (κ1) is 20.1. The highest BCUT2D eigenvalue weighted by molar-refractivity contribution is 7.89. The van der Waals surface area contributed by atoms with Crippen molar-refractivity contribution in [3.05, 3.63) is 65.5 Å². The van der Waals surface area contributed by atoms with E-state index in [1.165, 1.54) is 18.2 Å². The van der Waals surface area contributed by atoms with E-state index in [2.05, 4.69) is 10.0 Å². The quantitative estimate of drug-likeness (QED) is 0.759. The Morgan fingerprint density at radius 2 is 1.62 bits per heavy atom. The molecule has 1 amide bonds. The Bertz CT molecular complexity index is 872. The van der Waals surface area contributed by atoms with Crippen LogP contribution in [0, 0.1) is 5.82 Å². The molecule has 0 atom stereocenters. The molecule has 26 heavy (non-hydrogen) atoms. The fraction of sp³-hybridized carbons (Fsp3) is 0.316. The minimum absolute atomic E-state index is 0.00352. The lowest BCUT2D eigenvalue weighted by molar-refractivity contribution is 0.0950. The van der Waals surface area contributed by atoms with Gasteiger partial charge in [0.05, 0.1) is 10.5 Å². The molecule has 0 unspecified atom stereocenters. The molecule has 0 aromatic heterocycles. The Morgan fingerprint density at radius 1 is 1.00 bits per heavy atom. The zero-order valence-electron chi connectivity index (χ0n) is 15.0. The molecule has 0 radical (unpaired) electrons. The highest BCUT2D eigenvalue weighted by Gasteiger charge is 2.17. The van der Waals surface area contributed by atoms with Crippen LogP contribution in [0.2, 0.25) is 0 Å². The molecule has 0 aliphatic heterocycles. The highest BCUT2D eigenvalue weighted by atomic mass is 32.2. The maximum Gasteiger partial charge on any atom is 0.254 e. The molecule has 0 spiro atoms. The van der Waals surface area contributed by atoms with Gasteiger partial charge in [0.15, 0.2) is 0 Å². The summed E-state index contributed by atoms with van der Waals surface area (Å²) < 4.78 is 40.5. The van der Waals surface area contributed by atoms with Gasteiger partial charge < -0.3 is 5.32 Å². The molecular formula is C19H23FN2O3S. The van der Waals surface area contributed by atoms with Gasteiger partial charge in [-0.2, -0.15) is 0 Å². The molecule has 2 aromatic rings. The summed E-state index contributed by atoms with van der Waals surface area (Å²) in [6.07, 6.45) is 0. The van der Waals surface area contributed by atoms with E-state index in [4.69, 9.17) is 0 Å². The zero-order chi connectivity index (χ0) is 19.4. The fourth-order valence-electron chi connectivity index (χ4n) is 2.32. The van der Waals surface area contributed by atoms with Crippen LogP contribution in [0.15, 0.2) is 53.4 Å². The predicted molar refractivity (Wildman–Crippen MR) is 99.1 cm³/mol. The topological polar surface area (TPSA) is 75.3 Å². The van der Waals surface area contributed by atoms with Gasteiger partial charge in [0.1, 0.15) is 5.82 Å². The van der Waals surface area contributed by atoms with Gasteiger partial charge in [-0.05, 0) is 35.2 Å². The average molecular weight is 378 g/mol. The van der Waals surface area contributed by atoms with Crippen molar-refractivity contribution < 1.29 is 17.6 Å². The molecule has 5 nitrogen and oxygen atoms in total. The van der Waals surface area contributed by atoms with Gasteiger partial charge in [-0.1, -0.05) is 45.0 Å². The number of carbonyl (C=O) groups excluding carboxylic acids is 1. The highest BCUT2D eigenvalue weighted by Crippen LogP contribution is 2.23. The largest absolute Gasteiger partial charge is 0.351 e. The van der Waals surface area contributed by atoms with Crippen LogP contribution in [0.1, 0.15) is 36.7 Å². The Labute approximate surface area is 153 Å². The molecule has 2 rings (SSSR count). The second-order valence-corrected chi connectivity index (χ2v) is 8.67. The van der Waals surface area contributed by atoms with Crippen molar-refractivity contribution in [2.24, 2.45) is 0 Å². The van der Waals surface area contributed by atoms with Crippen LogP contribution in [-0.4, -0.2) is 27.4 Å². The van der Waals surface area contributed by atoms with Crippen molar-refractivity contribution in [1.29, 1.82) is 0 Å². The van der Waals surface area contributed by atoms with Crippen LogP contribution in [0.4, 0.5) is 4.39 Å². The standard InChI is InChI=1S/C19H23FN2O3S/c1-19(2,3)14-8-10-15(11-9-14)26(24,25)22-13-12-21-18(23)16-6-4-5-7-17(16)20/h4-11,22H,12-13H2,1-3H3,(H,21,23). The normalized spacial score (nSPS) is 12.0. The Hall–Kier alpha value is -2.25. The monoisotopic (exact) mass is 378 g/mol. The van der Waals surface area contributed by atoms with Crippen LogP contribution in [0.3, 0.4) is 0 Å². The van der Waals surface area contributed by atoms with Crippen molar-refractivity contribution in [3.8, 4) is 0 Å². The molecule has 0 bridgehead atoms. The number of carbonyl (C=O) groups is 1. The number of benzene rings is 2. The van der Waals surface area contributed by atoms with Crippen molar-refractivity contribution in [3.63, 3.8) is 0 Å². The SMILES string of the molecule is CC(C)(C)c1ccc(S(=O)(=O)NCCNC(=O)c2ccccc2F)cc1. The molecule has 0 heterocycles. The van der Waals surface area contributed by atoms with E-state index in [1.807, 2.05) is 20.8 Å². The lowest BCUT2D eigenvalue weighted by Crippen LogP contribution is -2.35. The molecule has 0 saturated carbocycles. The van der Waals surface area contributed by atoms with E-state index in [9.17, 15) is 17.6 Å². The minimum Gasteiger partial charge on any atom is -0.351 e. The Morgan fingerprint density at radius 3 is 2.19 bits per heavy atom. The molecule has 2 N–H and O–H groups in total. The molecule has 2 aromatic carbocycles. The van der Waals surface area contributed by atoms with Crippen molar-refractivity contribution in [2.75, 3.05) is 13.1 Å². The van der Waals surface area contributed by atoms with Gasteiger partial charge in [-0.15, -0.1) is 0 Å². The van der Waals surface area contributed by atoms with E-state index in [1.54, 1.807) is 30.3 Å². The molecule has 0 aliphatic carbocycles. The minimum atomic E-state index is -3.67. The third-order valence-electron chi connectivity index (χ3n) is 3.85. The summed E-state index contributed by atoms with van der Waals surface area (Å²) in [6, 6.07) is 12.3. The van der Waals surface area contributed by atoms with Gasteiger partial charge in [-0.3, -0.25) is 4.79 Å². The van der Waals surface area contributed by atoms with E-state index < -0.39 is 21.7 Å². The summed E-state index contributed by atoms with van der Waals surface area (Å²) in [5, 5.41) is 2.49. The third-order valence-corrected chi connectivity index (χ3v) is 5.33. The summed E-state index contributed by atoms with van der Waals surface area (Å²) in [5.41, 5.74) is 0.897. The number of sulfonamides is 1. The number of nitrogens with one attached hydrogen (secondary N) is 2. The van der Waals surface area contributed by atoms with Crippen LogP contribution in [0.25, 0.3) is 0 Å². The van der Waals surface area contributed by atoms with Gasteiger partial charge in [0.2, 0.25) is 10.0 Å². The van der Waals surface area contributed by atoms with Crippen molar-refractivity contribution in [2.45, 2.75) is 31.1 Å². The van der Waals surface area contributed by atoms with Gasteiger partial charge in [-0.25, -0.2) is 17.5 Å². The maximum absolute atomic E-state index is 13.5. The number of halogens is 1. The second kappa shape index (κ2) is 7.97. The predicted octanol–water partition coefficient (Wildman–Crippen LogP) is 2.83. The maximum atomic E-state index is 13.5. The lowest BCUT2D eigenvalue weighted by Gasteiger charge is -2.19. The first-order valence-electron chi connectivity index (χ1n) is 8.24. The van der Waals surface area contributed by atoms with Crippen LogP contribution >= 0.6 is 0 Å². The van der Waals surface area contributed by atoms with Crippen LogP contribution in [-0.2, 0) is 15.4 Å². The zero-order valence-corrected chi connectivity index (χ0v) is 15.9. The molecule has 7 heteroatoms. The average Bonchev–Trinajstić information content (AvgIpc) is 2.58. The lowest BCUT2D eigenvalue weighted by atomic mass is 9.87. The van der Waals surface area contributed by atoms with E-state index in [-0.39, 0.29) is 29.0 Å². The number of hydrogen-bond donors (Lipinski definition) is 2. The summed E-state index contributed by atoms with van der Waals surface area (Å²) in [6.45, 7) is 6.20. The van der Waals surface area contributed by atoms with Crippen LogP contribution < -0.4 is 10.0 Å². The van der Waals surface area contributed by atoms with Gasteiger partial charge in [0, 0.05) is 13.1 Å². The third kappa shape index (κ3) is 5.12. The first-order chi connectivity index (χ1) is 12.1. The number of hydrogen-bond acceptors (Lipinski definition) is 3. The molecule has 0 saturated heterocycles. The Balaban J connectivity index is 1.90. The van der Waals surface area contributed by atoms with E-state index in [0.717, 1.165) is 5.56 Å². The Kier molecular flexibility index (Phi) is 6.15. The first-order valence-corrected chi connectivity index (χ1v) is 9.72. The van der Waals surface area contributed by atoms with E-state index >= 15 is 0 Å². The molecule has 0 fully saturated rings. The summed E-state index contributed by atoms with van der Waals surface area (Å²) >= 11 is 0. The van der Waals surface area contributed by atoms with E-state index in [0.29, 0.717) is 0 Å². The molecule has 0 aliphatic rings. The summed E-state index contributed by atoms with van der Waals surface area (Å²) in [4.78, 5) is 12.0. The van der Waals surface area contributed by atoms with Crippen LogP contribution in [0.5, 0.6) is 0 Å². The van der Waals surface area contributed by atoms with Gasteiger partial charge >= 0.3 is 0 Å². The second-order valence-electron chi connectivity index (χ2n) is 6.91.